The molecule has 96 valence electrons. The summed E-state index contributed by atoms with van der Waals surface area (Å²) in [6, 6.07) is 0.400. The van der Waals surface area contributed by atoms with Crippen molar-refractivity contribution in [1.29, 1.82) is 0 Å². The molecule has 1 fully saturated rings. The molecule has 0 saturated carbocycles. The molecule has 17 heavy (non-hydrogen) atoms. The summed E-state index contributed by atoms with van der Waals surface area (Å²) < 4.78 is 2.06. The van der Waals surface area contributed by atoms with E-state index in [4.69, 9.17) is 0 Å². The van der Waals surface area contributed by atoms with Gasteiger partial charge in [-0.05, 0) is 26.2 Å². The van der Waals surface area contributed by atoms with E-state index in [1.54, 1.807) is 6.33 Å². The van der Waals surface area contributed by atoms with Crippen LogP contribution in [0.25, 0.3) is 0 Å². The molecule has 4 heteroatoms. The van der Waals surface area contributed by atoms with Crippen molar-refractivity contribution in [3.63, 3.8) is 0 Å². The van der Waals surface area contributed by atoms with Crippen molar-refractivity contribution in [3.05, 3.63) is 12.2 Å². The van der Waals surface area contributed by atoms with Gasteiger partial charge in [-0.2, -0.15) is 5.10 Å². The molecule has 0 radical (unpaired) electrons. The second-order valence-corrected chi connectivity index (χ2v) is 6.09. The van der Waals surface area contributed by atoms with Gasteiger partial charge in [0.15, 0.2) is 0 Å². The van der Waals surface area contributed by atoms with E-state index in [9.17, 15) is 0 Å². The highest BCUT2D eigenvalue weighted by Gasteiger charge is 2.38. The van der Waals surface area contributed by atoms with Gasteiger partial charge in [0.25, 0.3) is 0 Å². The van der Waals surface area contributed by atoms with Crippen LogP contribution in [0.2, 0.25) is 0 Å². The van der Waals surface area contributed by atoms with Gasteiger partial charge in [0.1, 0.15) is 12.2 Å². The standard InChI is InChI=1S/C13H24N4/c1-10(2)5-13(7-14-8-13)6-12-15-9-16-17(12)11(3)4/h9-11,14H,5-8H2,1-4H3. The lowest BCUT2D eigenvalue weighted by molar-refractivity contribution is 0.125. The van der Waals surface area contributed by atoms with Crippen molar-refractivity contribution in [3.8, 4) is 0 Å². The molecule has 2 heterocycles. The Morgan fingerprint density at radius 1 is 1.35 bits per heavy atom. The van der Waals surface area contributed by atoms with Crippen molar-refractivity contribution in [2.24, 2.45) is 11.3 Å². The van der Waals surface area contributed by atoms with E-state index in [1.807, 2.05) is 0 Å². The van der Waals surface area contributed by atoms with E-state index >= 15 is 0 Å². The van der Waals surface area contributed by atoms with Crippen molar-refractivity contribution < 1.29 is 0 Å². The smallest absolute Gasteiger partial charge is 0.138 e. The summed E-state index contributed by atoms with van der Waals surface area (Å²) in [6.07, 6.45) is 4.01. The van der Waals surface area contributed by atoms with Gasteiger partial charge in [-0.1, -0.05) is 13.8 Å². The van der Waals surface area contributed by atoms with Gasteiger partial charge in [-0.25, -0.2) is 9.67 Å². The first kappa shape index (κ1) is 12.6. The second kappa shape index (κ2) is 4.77. The predicted molar refractivity (Wildman–Crippen MR) is 68.9 cm³/mol. The van der Waals surface area contributed by atoms with Crippen LogP contribution < -0.4 is 5.32 Å². The van der Waals surface area contributed by atoms with Gasteiger partial charge >= 0.3 is 0 Å². The molecule has 0 aromatic carbocycles. The highest BCUT2D eigenvalue weighted by atomic mass is 15.3. The molecule has 0 unspecified atom stereocenters. The second-order valence-electron chi connectivity index (χ2n) is 6.09. The summed E-state index contributed by atoms with van der Waals surface area (Å²) in [6.45, 7) is 11.2. The van der Waals surface area contributed by atoms with Gasteiger partial charge in [-0.15, -0.1) is 0 Å². The van der Waals surface area contributed by atoms with Gasteiger partial charge in [0, 0.05) is 31.0 Å². The van der Waals surface area contributed by atoms with Crippen LogP contribution in [0.5, 0.6) is 0 Å². The van der Waals surface area contributed by atoms with E-state index in [2.05, 4.69) is 47.8 Å². The van der Waals surface area contributed by atoms with Crippen molar-refractivity contribution in [2.75, 3.05) is 13.1 Å². The molecule has 4 nitrogen and oxygen atoms in total. The molecular weight excluding hydrogens is 212 g/mol. The first-order valence-electron chi connectivity index (χ1n) is 6.61. The fourth-order valence-corrected chi connectivity index (χ4v) is 2.85. The Hall–Kier alpha value is -0.900. The quantitative estimate of drug-likeness (QED) is 0.850. The van der Waals surface area contributed by atoms with Crippen molar-refractivity contribution in [1.82, 2.24) is 20.1 Å². The molecule has 1 aromatic heterocycles. The zero-order chi connectivity index (χ0) is 12.5. The Labute approximate surface area is 104 Å². The van der Waals surface area contributed by atoms with Gasteiger partial charge < -0.3 is 5.32 Å². The summed E-state index contributed by atoms with van der Waals surface area (Å²) >= 11 is 0. The summed E-state index contributed by atoms with van der Waals surface area (Å²) in [5, 5.41) is 7.73. The maximum Gasteiger partial charge on any atom is 0.138 e. The minimum absolute atomic E-state index is 0.400. The zero-order valence-electron chi connectivity index (χ0n) is 11.4. The monoisotopic (exact) mass is 236 g/mol. The van der Waals surface area contributed by atoms with E-state index < -0.39 is 0 Å². The van der Waals surface area contributed by atoms with E-state index in [0.29, 0.717) is 11.5 Å². The van der Waals surface area contributed by atoms with Gasteiger partial charge in [0.05, 0.1) is 0 Å². The van der Waals surface area contributed by atoms with E-state index in [-0.39, 0.29) is 0 Å². The lowest BCUT2D eigenvalue weighted by atomic mass is 9.72. The summed E-state index contributed by atoms with van der Waals surface area (Å²) in [4.78, 5) is 4.44. The van der Waals surface area contributed by atoms with Crippen LogP contribution in [0.4, 0.5) is 0 Å². The first-order chi connectivity index (χ1) is 8.02. The van der Waals surface area contributed by atoms with Crippen molar-refractivity contribution >= 4 is 0 Å². The molecule has 0 spiro atoms. The van der Waals surface area contributed by atoms with Gasteiger partial charge in [-0.3, -0.25) is 0 Å². The van der Waals surface area contributed by atoms with Crippen molar-refractivity contribution in [2.45, 2.75) is 46.6 Å². The minimum atomic E-state index is 0.400. The Morgan fingerprint density at radius 3 is 2.53 bits per heavy atom. The molecule has 1 aliphatic heterocycles. The maximum atomic E-state index is 4.44. The molecule has 0 atom stereocenters. The Kier molecular flexibility index (Phi) is 3.52. The Morgan fingerprint density at radius 2 is 2.06 bits per heavy atom. The zero-order valence-corrected chi connectivity index (χ0v) is 11.4. The van der Waals surface area contributed by atoms with Gasteiger partial charge in [0.2, 0.25) is 0 Å². The lowest BCUT2D eigenvalue weighted by Crippen LogP contribution is -2.55. The van der Waals surface area contributed by atoms with Crippen LogP contribution in [0.3, 0.4) is 0 Å². The Bertz CT molecular complexity index is 363. The fourth-order valence-electron chi connectivity index (χ4n) is 2.85. The van der Waals surface area contributed by atoms with E-state index in [1.165, 1.54) is 6.42 Å². The normalized spacial score (nSPS) is 18.7. The molecule has 1 aromatic rings. The topological polar surface area (TPSA) is 42.7 Å². The highest BCUT2D eigenvalue weighted by molar-refractivity contribution is 5.02. The average Bonchev–Trinajstić information content (AvgIpc) is 2.61. The molecule has 1 N–H and O–H groups in total. The third kappa shape index (κ3) is 2.68. The van der Waals surface area contributed by atoms with Crippen LogP contribution >= 0.6 is 0 Å². The number of hydrogen-bond donors (Lipinski definition) is 1. The Balaban J connectivity index is 2.10. The number of hydrogen-bond acceptors (Lipinski definition) is 3. The molecule has 2 rings (SSSR count). The molecular formula is C13H24N4. The predicted octanol–water partition coefficient (Wildman–Crippen LogP) is 2.04. The molecule has 1 saturated heterocycles. The first-order valence-corrected chi connectivity index (χ1v) is 6.61. The average molecular weight is 236 g/mol. The molecule has 1 aliphatic rings. The largest absolute Gasteiger partial charge is 0.316 e. The van der Waals surface area contributed by atoms with Crippen LogP contribution in [-0.4, -0.2) is 27.9 Å². The third-order valence-corrected chi connectivity index (χ3v) is 3.51. The summed E-state index contributed by atoms with van der Waals surface area (Å²) in [7, 11) is 0. The van der Waals surface area contributed by atoms with Crippen LogP contribution in [0.1, 0.15) is 46.0 Å². The van der Waals surface area contributed by atoms with E-state index in [0.717, 1.165) is 31.3 Å². The summed E-state index contributed by atoms with van der Waals surface area (Å²) in [5.41, 5.74) is 0.411. The van der Waals surface area contributed by atoms with Crippen LogP contribution in [-0.2, 0) is 6.42 Å². The fraction of sp³-hybridized carbons (Fsp3) is 0.846. The molecule has 0 bridgehead atoms. The third-order valence-electron chi connectivity index (χ3n) is 3.51. The number of nitrogens with one attached hydrogen (secondary N) is 1. The van der Waals surface area contributed by atoms with Crippen LogP contribution in [0.15, 0.2) is 6.33 Å². The molecule has 0 aliphatic carbocycles. The number of nitrogens with zero attached hydrogens (tertiary/aromatic N) is 3. The SMILES string of the molecule is CC(C)CC1(Cc2ncnn2C(C)C)CNC1. The minimum Gasteiger partial charge on any atom is -0.316 e. The lowest BCUT2D eigenvalue weighted by Gasteiger charge is -2.44. The number of aromatic nitrogens is 3. The van der Waals surface area contributed by atoms with Crippen LogP contribution in [0, 0.1) is 11.3 Å². The maximum absolute atomic E-state index is 4.44. The highest BCUT2D eigenvalue weighted by Crippen LogP contribution is 2.34. The molecule has 0 amide bonds. The summed E-state index contributed by atoms with van der Waals surface area (Å²) in [5.74, 6) is 1.88. The number of rotatable bonds is 5.